The van der Waals surface area contributed by atoms with Crippen LogP contribution in [0.15, 0.2) is 55.1 Å². The molecule has 0 aliphatic carbocycles. The number of methoxy groups -OCH3 is 1. The largest absolute Gasteiger partial charge is 0.493 e. The van der Waals surface area contributed by atoms with Crippen LogP contribution in [0.2, 0.25) is 0 Å². The van der Waals surface area contributed by atoms with E-state index in [2.05, 4.69) is 11.9 Å². The van der Waals surface area contributed by atoms with Crippen LogP contribution < -0.4 is 19.7 Å². The molecule has 0 spiro atoms. The minimum Gasteiger partial charge on any atom is -0.493 e. The van der Waals surface area contributed by atoms with Crippen molar-refractivity contribution in [3.05, 3.63) is 66.2 Å². The van der Waals surface area contributed by atoms with E-state index in [1.807, 2.05) is 61.2 Å². The number of nitrogens with one attached hydrogen (secondary N) is 1. The van der Waals surface area contributed by atoms with Gasteiger partial charge in [-0.3, -0.25) is 9.69 Å². The number of benzene rings is 2. The van der Waals surface area contributed by atoms with Crippen molar-refractivity contribution in [1.29, 1.82) is 0 Å². The molecule has 2 aromatic carbocycles. The van der Waals surface area contributed by atoms with Crippen molar-refractivity contribution in [1.82, 2.24) is 5.32 Å². The predicted molar refractivity (Wildman–Crippen MR) is 119 cm³/mol. The molecular weight excluding hydrogens is 400 g/mol. The van der Waals surface area contributed by atoms with Crippen LogP contribution in [0.5, 0.6) is 11.5 Å². The lowest BCUT2D eigenvalue weighted by Crippen LogP contribution is -2.71. The molecule has 2 aliphatic rings. The van der Waals surface area contributed by atoms with Crippen molar-refractivity contribution in [3.63, 3.8) is 0 Å². The molecule has 0 amide bonds. The summed E-state index contributed by atoms with van der Waals surface area (Å²) in [5.41, 5.74) is 1.58. The first-order valence-corrected chi connectivity index (χ1v) is 10.1. The van der Waals surface area contributed by atoms with E-state index < -0.39 is 17.7 Å². The highest BCUT2D eigenvalue weighted by molar-refractivity contribution is 7.80. The molecule has 1 N–H and O–H groups in total. The summed E-state index contributed by atoms with van der Waals surface area (Å²) in [6, 6.07) is 13.1. The molecule has 0 radical (unpaired) electrons. The van der Waals surface area contributed by atoms with E-state index >= 15 is 0 Å². The smallest absolute Gasteiger partial charge is 0.317 e. The van der Waals surface area contributed by atoms with E-state index in [9.17, 15) is 4.79 Å². The van der Waals surface area contributed by atoms with Gasteiger partial charge in [-0.05, 0) is 49.8 Å². The summed E-state index contributed by atoms with van der Waals surface area (Å²) in [5, 5.41) is 3.83. The molecule has 1 fully saturated rings. The van der Waals surface area contributed by atoms with Crippen molar-refractivity contribution in [2.45, 2.75) is 25.6 Å². The van der Waals surface area contributed by atoms with Crippen LogP contribution in [0.25, 0.3) is 0 Å². The second-order valence-corrected chi connectivity index (χ2v) is 7.92. The molecular formula is C23H24N2O4S. The van der Waals surface area contributed by atoms with Gasteiger partial charge in [-0.15, -0.1) is 0 Å². The minimum atomic E-state index is -1.12. The summed E-state index contributed by atoms with van der Waals surface area (Å²) >= 11 is 5.73. The first kappa shape index (κ1) is 20.2. The molecule has 2 bridgehead atoms. The molecule has 0 unspecified atom stereocenters. The molecule has 156 valence electrons. The maximum absolute atomic E-state index is 13.2. The molecule has 3 atom stereocenters. The summed E-state index contributed by atoms with van der Waals surface area (Å²) < 4.78 is 17.6. The molecule has 2 heterocycles. The van der Waals surface area contributed by atoms with Gasteiger partial charge in [-0.2, -0.15) is 0 Å². The van der Waals surface area contributed by atoms with Gasteiger partial charge in [0.05, 0.1) is 13.2 Å². The normalized spacial score (nSPS) is 24.2. The number of nitrogens with zero attached hydrogens (tertiary/aromatic N) is 1. The SMILES string of the molecule is C=CCOC(=O)[C@H]1[C@H]2NC(=S)N(c3cccc(C)c3)[C@@]1(C)Oc1c(OC)cccc12. The van der Waals surface area contributed by atoms with Crippen LogP contribution in [0.1, 0.15) is 24.1 Å². The number of para-hydroxylation sites is 1. The Labute approximate surface area is 181 Å². The zero-order valence-electron chi connectivity index (χ0n) is 17.2. The van der Waals surface area contributed by atoms with Crippen molar-refractivity contribution in [2.75, 3.05) is 18.6 Å². The topological polar surface area (TPSA) is 60.0 Å². The third-order valence-electron chi connectivity index (χ3n) is 5.57. The first-order chi connectivity index (χ1) is 14.4. The Morgan fingerprint density at radius 2 is 2.13 bits per heavy atom. The number of hydrogen-bond donors (Lipinski definition) is 1. The van der Waals surface area contributed by atoms with Gasteiger partial charge in [0.25, 0.3) is 0 Å². The van der Waals surface area contributed by atoms with Crippen molar-refractivity contribution in [2.24, 2.45) is 5.92 Å². The highest BCUT2D eigenvalue weighted by Crippen LogP contribution is 2.52. The lowest BCUT2D eigenvalue weighted by atomic mass is 9.79. The molecule has 7 heteroatoms. The highest BCUT2D eigenvalue weighted by Gasteiger charge is 2.60. The number of anilines is 1. The van der Waals surface area contributed by atoms with Crippen LogP contribution >= 0.6 is 12.2 Å². The number of fused-ring (bicyclic) bond motifs is 4. The molecule has 6 nitrogen and oxygen atoms in total. The summed E-state index contributed by atoms with van der Waals surface area (Å²) in [4.78, 5) is 15.0. The van der Waals surface area contributed by atoms with Crippen LogP contribution in [-0.2, 0) is 9.53 Å². The first-order valence-electron chi connectivity index (χ1n) is 9.71. The van der Waals surface area contributed by atoms with Gasteiger partial charge in [0, 0.05) is 11.3 Å². The number of aryl methyl sites for hydroxylation is 1. The number of esters is 1. The number of rotatable bonds is 5. The predicted octanol–water partition coefficient (Wildman–Crippen LogP) is 3.89. The number of hydrogen-bond acceptors (Lipinski definition) is 5. The second kappa shape index (κ2) is 7.65. The molecule has 0 aromatic heterocycles. The van der Waals surface area contributed by atoms with Gasteiger partial charge in [0.15, 0.2) is 16.6 Å². The lowest BCUT2D eigenvalue weighted by Gasteiger charge is -2.55. The Morgan fingerprint density at radius 3 is 2.83 bits per heavy atom. The lowest BCUT2D eigenvalue weighted by molar-refractivity contribution is -0.159. The van der Waals surface area contributed by atoms with Crippen molar-refractivity contribution >= 4 is 29.0 Å². The van der Waals surface area contributed by atoms with E-state index in [0.717, 1.165) is 16.8 Å². The number of ether oxygens (including phenoxy) is 3. The molecule has 30 heavy (non-hydrogen) atoms. The third-order valence-corrected chi connectivity index (χ3v) is 5.87. The number of carbonyl (C=O) groups is 1. The van der Waals surface area contributed by atoms with Gasteiger partial charge in [-0.25, -0.2) is 0 Å². The van der Waals surface area contributed by atoms with Crippen molar-refractivity contribution < 1.29 is 19.0 Å². The Hall–Kier alpha value is -3.06. The summed E-state index contributed by atoms with van der Waals surface area (Å²) in [5.74, 6) is 0.126. The number of carbonyl (C=O) groups excluding carboxylic acids is 1. The molecule has 0 saturated carbocycles. The van der Waals surface area contributed by atoms with E-state index in [1.54, 1.807) is 13.2 Å². The summed E-state index contributed by atoms with van der Waals surface area (Å²) in [6.45, 7) is 7.63. The van der Waals surface area contributed by atoms with E-state index in [-0.39, 0.29) is 12.6 Å². The van der Waals surface area contributed by atoms with Crippen LogP contribution in [-0.4, -0.2) is 30.5 Å². The Kier molecular flexibility index (Phi) is 5.15. The van der Waals surface area contributed by atoms with E-state index in [0.29, 0.717) is 16.6 Å². The highest BCUT2D eigenvalue weighted by atomic mass is 32.1. The fourth-order valence-corrected chi connectivity index (χ4v) is 4.69. The average molecular weight is 425 g/mol. The molecule has 2 aliphatic heterocycles. The van der Waals surface area contributed by atoms with E-state index in [4.69, 9.17) is 26.4 Å². The Morgan fingerprint density at radius 1 is 1.37 bits per heavy atom. The maximum atomic E-state index is 13.2. The minimum absolute atomic E-state index is 0.123. The van der Waals surface area contributed by atoms with Gasteiger partial charge >= 0.3 is 5.97 Å². The zero-order valence-corrected chi connectivity index (χ0v) is 18.0. The van der Waals surface area contributed by atoms with Gasteiger partial charge in [0.1, 0.15) is 12.5 Å². The standard InChI is InChI=1S/C23H24N2O4S/c1-5-12-28-21(26)18-19-16-10-7-11-17(27-4)20(16)29-23(18,3)25(22(30)24-19)15-9-6-8-14(2)13-15/h5-11,13,18-19H,1,12H2,2-4H3,(H,24,30)/t18-,19+,23+/m1/s1. The van der Waals surface area contributed by atoms with Gasteiger partial charge in [-0.1, -0.05) is 36.9 Å². The monoisotopic (exact) mass is 424 g/mol. The third kappa shape index (κ3) is 3.10. The Bertz CT molecular complexity index is 1020. The second-order valence-electron chi connectivity index (χ2n) is 7.53. The molecule has 2 aromatic rings. The summed E-state index contributed by atoms with van der Waals surface area (Å²) in [7, 11) is 1.60. The van der Waals surface area contributed by atoms with Crippen LogP contribution in [0.3, 0.4) is 0 Å². The van der Waals surface area contributed by atoms with Gasteiger partial charge in [0.2, 0.25) is 5.72 Å². The number of thiocarbonyl (C=S) groups is 1. The fraction of sp³-hybridized carbons (Fsp3) is 0.304. The summed E-state index contributed by atoms with van der Waals surface area (Å²) in [6.07, 6.45) is 1.55. The average Bonchev–Trinajstić information content (AvgIpc) is 2.71. The van der Waals surface area contributed by atoms with Crippen LogP contribution in [0, 0.1) is 12.8 Å². The maximum Gasteiger partial charge on any atom is 0.317 e. The fourth-order valence-electron chi connectivity index (χ4n) is 4.28. The van der Waals surface area contributed by atoms with E-state index in [1.165, 1.54) is 0 Å². The zero-order chi connectivity index (χ0) is 21.5. The van der Waals surface area contributed by atoms with Gasteiger partial charge < -0.3 is 19.5 Å². The molecule has 1 saturated heterocycles. The quantitative estimate of drug-likeness (QED) is 0.444. The van der Waals surface area contributed by atoms with Crippen LogP contribution in [0.4, 0.5) is 5.69 Å². The Balaban J connectivity index is 1.90. The molecule has 4 rings (SSSR count). The van der Waals surface area contributed by atoms with Crippen molar-refractivity contribution in [3.8, 4) is 11.5 Å².